The third kappa shape index (κ3) is 1.85. The highest BCUT2D eigenvalue weighted by atomic mass is 16.6. The fraction of sp³-hybridized carbons (Fsp3) is 0.250. The summed E-state index contributed by atoms with van der Waals surface area (Å²) in [5, 5.41) is 0. The summed E-state index contributed by atoms with van der Waals surface area (Å²) in [5.74, 6) is 6.24. The molecule has 3 heteroatoms. The molecule has 1 rings (SSSR count). The zero-order valence-corrected chi connectivity index (χ0v) is 6.41. The zero-order chi connectivity index (χ0) is 8.10. The highest BCUT2D eigenvalue weighted by molar-refractivity contribution is 5.39. The Labute approximate surface area is 65.7 Å². The molecule has 3 nitrogen and oxygen atoms in total. The smallest absolute Gasteiger partial charge is 0.188 e. The first kappa shape index (κ1) is 7.88. The van der Waals surface area contributed by atoms with Gasteiger partial charge in [0.15, 0.2) is 11.5 Å². The second-order valence-corrected chi connectivity index (χ2v) is 2.00. The van der Waals surface area contributed by atoms with E-state index in [9.17, 15) is 0 Å². The maximum absolute atomic E-state index is 5.22. The minimum absolute atomic E-state index is 0.564. The quantitative estimate of drug-likeness (QED) is 0.666. The largest absolute Gasteiger partial charge is 0.490 e. The molecule has 0 fully saturated rings. The van der Waals surface area contributed by atoms with Gasteiger partial charge in [-0.1, -0.05) is 12.1 Å². The summed E-state index contributed by atoms with van der Waals surface area (Å²) in [6.45, 7) is 2.52. The van der Waals surface area contributed by atoms with Crippen LogP contribution in [0.1, 0.15) is 6.92 Å². The lowest BCUT2D eigenvalue weighted by Gasteiger charge is -2.06. The highest BCUT2D eigenvalue weighted by Gasteiger charge is 1.99. The summed E-state index contributed by atoms with van der Waals surface area (Å²) in [6, 6.07) is 7.27. The molecule has 60 valence electrons. The molecule has 0 aromatic heterocycles. The topological polar surface area (TPSA) is 44.5 Å². The average molecular weight is 153 g/mol. The Balaban J connectivity index is 2.83. The first-order chi connectivity index (χ1) is 5.38. The molecule has 0 aliphatic rings. The average Bonchev–Trinajstić information content (AvgIpc) is 2.06. The van der Waals surface area contributed by atoms with Gasteiger partial charge in [-0.25, -0.2) is 0 Å². The molecule has 0 heterocycles. The predicted molar refractivity (Wildman–Crippen MR) is 42.4 cm³/mol. The van der Waals surface area contributed by atoms with Crippen molar-refractivity contribution in [1.29, 1.82) is 0 Å². The lowest BCUT2D eigenvalue weighted by atomic mass is 10.3. The van der Waals surface area contributed by atoms with Gasteiger partial charge in [-0.15, -0.1) is 0 Å². The molecule has 2 N–H and O–H groups in total. The van der Waals surface area contributed by atoms with Crippen LogP contribution in [0.25, 0.3) is 0 Å². The summed E-state index contributed by atoms with van der Waals surface area (Å²) in [4.78, 5) is 4.57. The van der Waals surface area contributed by atoms with Gasteiger partial charge in [0.2, 0.25) is 0 Å². The van der Waals surface area contributed by atoms with Gasteiger partial charge in [-0.2, -0.15) is 5.90 Å². The van der Waals surface area contributed by atoms with E-state index in [4.69, 9.17) is 10.6 Å². The SMILES string of the molecule is CCOc1ccccc1ON. The maximum Gasteiger partial charge on any atom is 0.188 e. The first-order valence-corrected chi connectivity index (χ1v) is 3.47. The normalized spacial score (nSPS) is 9.27. The summed E-state index contributed by atoms with van der Waals surface area (Å²) in [6.07, 6.45) is 0. The molecule has 0 spiro atoms. The van der Waals surface area contributed by atoms with Gasteiger partial charge in [-0.05, 0) is 19.1 Å². The summed E-state index contributed by atoms with van der Waals surface area (Å²) >= 11 is 0. The maximum atomic E-state index is 5.22. The standard InChI is InChI=1S/C8H11NO2/c1-2-10-7-5-3-4-6-8(7)11-9/h3-6H,2,9H2,1H3. The monoisotopic (exact) mass is 153 g/mol. The van der Waals surface area contributed by atoms with Crippen LogP contribution >= 0.6 is 0 Å². The van der Waals surface area contributed by atoms with Gasteiger partial charge in [0.1, 0.15) is 0 Å². The van der Waals surface area contributed by atoms with Crippen LogP contribution in [0.5, 0.6) is 11.5 Å². The van der Waals surface area contributed by atoms with Gasteiger partial charge >= 0.3 is 0 Å². The van der Waals surface area contributed by atoms with Gasteiger partial charge in [0.25, 0.3) is 0 Å². The van der Waals surface area contributed by atoms with Crippen LogP contribution in [0.15, 0.2) is 24.3 Å². The van der Waals surface area contributed by atoms with Gasteiger partial charge in [-0.3, -0.25) is 0 Å². The van der Waals surface area contributed by atoms with E-state index in [-0.39, 0.29) is 0 Å². The number of benzene rings is 1. The number of rotatable bonds is 3. The van der Waals surface area contributed by atoms with E-state index in [1.807, 2.05) is 25.1 Å². The van der Waals surface area contributed by atoms with Crippen molar-refractivity contribution in [3.05, 3.63) is 24.3 Å². The first-order valence-electron chi connectivity index (χ1n) is 3.47. The van der Waals surface area contributed by atoms with E-state index in [1.54, 1.807) is 6.07 Å². The second kappa shape index (κ2) is 3.83. The fourth-order valence-corrected chi connectivity index (χ4v) is 0.822. The zero-order valence-electron chi connectivity index (χ0n) is 6.41. The van der Waals surface area contributed by atoms with Crippen LogP contribution < -0.4 is 15.5 Å². The molecule has 11 heavy (non-hydrogen) atoms. The molecule has 0 amide bonds. The van der Waals surface area contributed by atoms with Crippen LogP contribution in [-0.2, 0) is 0 Å². The molecule has 1 aromatic carbocycles. The molecule has 0 aliphatic carbocycles. The number of ether oxygens (including phenoxy) is 1. The van der Waals surface area contributed by atoms with E-state index < -0.39 is 0 Å². The fourth-order valence-electron chi connectivity index (χ4n) is 0.822. The third-order valence-electron chi connectivity index (χ3n) is 1.28. The minimum atomic E-state index is 0.564. The number of hydrogen-bond acceptors (Lipinski definition) is 3. The Kier molecular flexibility index (Phi) is 2.74. The predicted octanol–water partition coefficient (Wildman–Crippen LogP) is 1.34. The van der Waals surface area contributed by atoms with Crippen molar-refractivity contribution < 1.29 is 9.57 Å². The molecule has 0 aliphatic heterocycles. The summed E-state index contributed by atoms with van der Waals surface area (Å²) < 4.78 is 5.22. The minimum Gasteiger partial charge on any atom is -0.490 e. The van der Waals surface area contributed by atoms with Gasteiger partial charge < -0.3 is 9.57 Å². The van der Waals surface area contributed by atoms with Gasteiger partial charge in [0.05, 0.1) is 6.61 Å². The highest BCUT2D eigenvalue weighted by Crippen LogP contribution is 2.24. The van der Waals surface area contributed by atoms with E-state index in [0.29, 0.717) is 18.1 Å². The van der Waals surface area contributed by atoms with Crippen LogP contribution in [0, 0.1) is 0 Å². The molecule has 0 bridgehead atoms. The summed E-state index contributed by atoms with van der Waals surface area (Å²) in [5.41, 5.74) is 0. The molecular weight excluding hydrogens is 142 g/mol. The molecule has 0 saturated carbocycles. The summed E-state index contributed by atoms with van der Waals surface area (Å²) in [7, 11) is 0. The molecule has 0 unspecified atom stereocenters. The van der Waals surface area contributed by atoms with Crippen molar-refractivity contribution in [3.8, 4) is 11.5 Å². The second-order valence-electron chi connectivity index (χ2n) is 2.00. The molecular formula is C8H11NO2. The van der Waals surface area contributed by atoms with E-state index in [2.05, 4.69) is 4.84 Å². The number of nitrogens with two attached hydrogens (primary N) is 1. The number of para-hydroxylation sites is 2. The van der Waals surface area contributed by atoms with Crippen molar-refractivity contribution >= 4 is 0 Å². The van der Waals surface area contributed by atoms with Crippen LogP contribution in [0.3, 0.4) is 0 Å². The Bertz CT molecular complexity index is 225. The lowest BCUT2D eigenvalue weighted by Crippen LogP contribution is -2.04. The third-order valence-corrected chi connectivity index (χ3v) is 1.28. The van der Waals surface area contributed by atoms with Crippen LogP contribution in [0.2, 0.25) is 0 Å². The molecule has 1 aromatic rings. The van der Waals surface area contributed by atoms with Crippen LogP contribution in [0.4, 0.5) is 0 Å². The van der Waals surface area contributed by atoms with Crippen molar-refractivity contribution in [2.24, 2.45) is 5.90 Å². The van der Waals surface area contributed by atoms with E-state index in [1.165, 1.54) is 0 Å². The Morgan fingerprint density at radius 3 is 2.45 bits per heavy atom. The van der Waals surface area contributed by atoms with Crippen molar-refractivity contribution in [1.82, 2.24) is 0 Å². The molecule has 0 radical (unpaired) electrons. The Morgan fingerprint density at radius 2 is 1.91 bits per heavy atom. The van der Waals surface area contributed by atoms with E-state index >= 15 is 0 Å². The van der Waals surface area contributed by atoms with Gasteiger partial charge in [0, 0.05) is 0 Å². The Morgan fingerprint density at radius 1 is 1.27 bits per heavy atom. The molecule has 0 atom stereocenters. The van der Waals surface area contributed by atoms with Crippen molar-refractivity contribution in [2.75, 3.05) is 6.61 Å². The number of hydrogen-bond donors (Lipinski definition) is 1. The lowest BCUT2D eigenvalue weighted by molar-refractivity contribution is 0.284. The van der Waals surface area contributed by atoms with E-state index in [0.717, 1.165) is 0 Å². The van der Waals surface area contributed by atoms with Crippen LogP contribution in [-0.4, -0.2) is 6.61 Å². The molecule has 0 saturated heterocycles. The van der Waals surface area contributed by atoms with Crippen molar-refractivity contribution in [2.45, 2.75) is 6.92 Å². The Hall–Kier alpha value is -1.22. The van der Waals surface area contributed by atoms with Crippen molar-refractivity contribution in [3.63, 3.8) is 0 Å².